The van der Waals surface area contributed by atoms with Crippen LogP contribution in [0.4, 0.5) is 0 Å². The van der Waals surface area contributed by atoms with Gasteiger partial charge in [-0.25, -0.2) is 0 Å². The minimum Gasteiger partial charge on any atom is -0.307 e. The highest BCUT2D eigenvalue weighted by atomic mass is 32.1. The second kappa shape index (κ2) is 3.90. The molecule has 90 valence electrons. The summed E-state index contributed by atoms with van der Waals surface area (Å²) in [5.74, 6) is 0. The first-order chi connectivity index (χ1) is 9.34. The molecule has 0 radical (unpaired) electrons. The number of fused-ring (bicyclic) bond motifs is 5. The molecule has 2 heteroatoms. The molecule has 0 spiro atoms. The summed E-state index contributed by atoms with van der Waals surface area (Å²) in [4.78, 5) is 0. The van der Waals surface area contributed by atoms with Crippen LogP contribution in [0.15, 0.2) is 66.9 Å². The predicted molar refractivity (Wildman–Crippen MR) is 83.2 cm³/mol. The van der Waals surface area contributed by atoms with Crippen LogP contribution in [-0.4, -0.2) is 4.40 Å². The van der Waals surface area contributed by atoms with Gasteiger partial charge in [-0.2, -0.15) is 0 Å². The molecule has 2 aromatic heterocycles. The van der Waals surface area contributed by atoms with Gasteiger partial charge in [0.2, 0.25) is 0 Å². The third-order valence-electron chi connectivity index (χ3n) is 3.63. The van der Waals surface area contributed by atoms with Crippen LogP contribution < -0.4 is 0 Å². The molecule has 2 aromatic carbocycles. The minimum absolute atomic E-state index is 0.840. The van der Waals surface area contributed by atoms with Gasteiger partial charge in [0, 0.05) is 11.6 Å². The minimum atomic E-state index is 0.840. The van der Waals surface area contributed by atoms with Crippen LogP contribution in [0, 0.1) is 4.64 Å². The third kappa shape index (κ3) is 1.50. The Hall–Kier alpha value is -2.19. The standard InChI is InChI=1S/C17H11NS/c19-17-7-3-6-16-15-9-8-12-4-1-2-5-13(12)14(15)10-11-18(16)17/h1-11H. The van der Waals surface area contributed by atoms with Gasteiger partial charge in [-0.15, -0.1) is 0 Å². The average molecular weight is 261 g/mol. The molecule has 19 heavy (non-hydrogen) atoms. The van der Waals surface area contributed by atoms with E-state index in [9.17, 15) is 0 Å². The van der Waals surface area contributed by atoms with Crippen molar-refractivity contribution in [3.8, 4) is 0 Å². The molecule has 0 aliphatic rings. The molecular formula is C17H11NS. The summed E-state index contributed by atoms with van der Waals surface area (Å²) in [7, 11) is 0. The molecule has 4 rings (SSSR count). The fourth-order valence-electron chi connectivity index (χ4n) is 2.72. The number of nitrogens with zero attached hydrogens (tertiary/aromatic N) is 1. The highest BCUT2D eigenvalue weighted by Gasteiger charge is 2.03. The van der Waals surface area contributed by atoms with E-state index >= 15 is 0 Å². The van der Waals surface area contributed by atoms with Gasteiger partial charge in [-0.3, -0.25) is 0 Å². The van der Waals surface area contributed by atoms with Crippen molar-refractivity contribution in [2.45, 2.75) is 0 Å². The second-order valence-corrected chi connectivity index (χ2v) is 5.10. The molecule has 0 bridgehead atoms. The molecule has 0 aliphatic heterocycles. The van der Waals surface area contributed by atoms with Crippen LogP contribution in [0.1, 0.15) is 0 Å². The van der Waals surface area contributed by atoms with Crippen LogP contribution in [0.5, 0.6) is 0 Å². The summed E-state index contributed by atoms with van der Waals surface area (Å²) in [6.07, 6.45) is 2.06. The van der Waals surface area contributed by atoms with E-state index in [-0.39, 0.29) is 0 Å². The quantitative estimate of drug-likeness (QED) is 0.319. The Bertz CT molecular complexity index is 982. The molecule has 0 saturated heterocycles. The van der Waals surface area contributed by atoms with Crippen molar-refractivity contribution in [1.82, 2.24) is 4.40 Å². The normalized spacial score (nSPS) is 11.4. The maximum absolute atomic E-state index is 5.38. The fourth-order valence-corrected chi connectivity index (χ4v) is 2.96. The van der Waals surface area contributed by atoms with Crippen molar-refractivity contribution in [2.75, 3.05) is 0 Å². The number of benzene rings is 2. The summed E-state index contributed by atoms with van der Waals surface area (Å²) >= 11 is 5.38. The zero-order chi connectivity index (χ0) is 12.8. The largest absolute Gasteiger partial charge is 0.307 e. The number of rotatable bonds is 0. The SMILES string of the molecule is S=c1cccc2c3ccc4ccccc4c3ccn12. The fraction of sp³-hybridized carbons (Fsp3) is 0. The first kappa shape index (κ1) is 10.7. The van der Waals surface area contributed by atoms with Crippen LogP contribution in [0.3, 0.4) is 0 Å². The van der Waals surface area contributed by atoms with Gasteiger partial charge in [0.05, 0.1) is 5.52 Å². The molecule has 0 fully saturated rings. The molecule has 0 aliphatic carbocycles. The van der Waals surface area contributed by atoms with E-state index in [4.69, 9.17) is 12.2 Å². The number of hydrogen-bond donors (Lipinski definition) is 0. The van der Waals surface area contributed by atoms with Crippen molar-refractivity contribution in [2.24, 2.45) is 0 Å². The summed E-state index contributed by atoms with van der Waals surface area (Å²) in [5, 5.41) is 5.08. The molecule has 1 nitrogen and oxygen atoms in total. The Morgan fingerprint density at radius 3 is 2.53 bits per heavy atom. The van der Waals surface area contributed by atoms with Gasteiger partial charge in [-0.05, 0) is 34.4 Å². The second-order valence-electron chi connectivity index (χ2n) is 4.68. The Balaban J connectivity index is 2.33. The first-order valence-corrected chi connectivity index (χ1v) is 6.67. The van der Waals surface area contributed by atoms with E-state index in [1.807, 2.05) is 12.1 Å². The number of hydrogen-bond acceptors (Lipinski definition) is 1. The molecule has 2 heterocycles. The maximum Gasteiger partial charge on any atom is 0.110 e. The lowest BCUT2D eigenvalue weighted by Gasteiger charge is -2.08. The Morgan fingerprint density at radius 2 is 1.58 bits per heavy atom. The van der Waals surface area contributed by atoms with Crippen molar-refractivity contribution < 1.29 is 0 Å². The molecule has 0 amide bonds. The van der Waals surface area contributed by atoms with E-state index < -0.39 is 0 Å². The average Bonchev–Trinajstić information content (AvgIpc) is 2.47. The monoisotopic (exact) mass is 261 g/mol. The van der Waals surface area contributed by atoms with Gasteiger partial charge in [-0.1, -0.05) is 54.7 Å². The predicted octanol–water partition coefficient (Wildman–Crippen LogP) is 4.98. The molecule has 4 aromatic rings. The smallest absolute Gasteiger partial charge is 0.110 e. The zero-order valence-corrected chi connectivity index (χ0v) is 11.0. The summed E-state index contributed by atoms with van der Waals surface area (Å²) in [6.45, 7) is 0. The summed E-state index contributed by atoms with van der Waals surface area (Å²) in [6, 6.07) is 21.1. The Morgan fingerprint density at radius 1 is 0.684 bits per heavy atom. The number of pyridine rings is 2. The summed E-state index contributed by atoms with van der Waals surface area (Å²) in [5.41, 5.74) is 1.16. The summed E-state index contributed by atoms with van der Waals surface area (Å²) < 4.78 is 2.90. The van der Waals surface area contributed by atoms with Crippen molar-refractivity contribution in [1.29, 1.82) is 0 Å². The van der Waals surface area contributed by atoms with Gasteiger partial charge in [0.1, 0.15) is 4.64 Å². The van der Waals surface area contributed by atoms with Crippen LogP contribution in [0.25, 0.3) is 27.1 Å². The topological polar surface area (TPSA) is 4.41 Å². The van der Waals surface area contributed by atoms with E-state index in [2.05, 4.69) is 59.1 Å². The third-order valence-corrected chi connectivity index (χ3v) is 3.96. The van der Waals surface area contributed by atoms with E-state index in [1.54, 1.807) is 0 Å². The van der Waals surface area contributed by atoms with Gasteiger partial charge in [0.25, 0.3) is 0 Å². The highest BCUT2D eigenvalue weighted by molar-refractivity contribution is 7.71. The molecular weight excluding hydrogens is 250 g/mol. The highest BCUT2D eigenvalue weighted by Crippen LogP contribution is 2.28. The first-order valence-electron chi connectivity index (χ1n) is 6.26. The van der Waals surface area contributed by atoms with E-state index in [1.165, 1.54) is 21.5 Å². The van der Waals surface area contributed by atoms with Gasteiger partial charge < -0.3 is 4.40 Å². The van der Waals surface area contributed by atoms with Crippen LogP contribution in [0.2, 0.25) is 0 Å². The van der Waals surface area contributed by atoms with E-state index in [0.717, 1.165) is 10.2 Å². The lowest BCUT2D eigenvalue weighted by molar-refractivity contribution is 1.15. The van der Waals surface area contributed by atoms with E-state index in [0.29, 0.717) is 0 Å². The van der Waals surface area contributed by atoms with Gasteiger partial charge in [0.15, 0.2) is 0 Å². The Labute approximate surface area is 115 Å². The lowest BCUT2D eigenvalue weighted by atomic mass is 10.0. The molecule has 0 atom stereocenters. The number of aromatic nitrogens is 1. The van der Waals surface area contributed by atoms with Crippen molar-refractivity contribution >= 4 is 39.3 Å². The zero-order valence-electron chi connectivity index (χ0n) is 10.2. The van der Waals surface area contributed by atoms with Crippen molar-refractivity contribution in [3.63, 3.8) is 0 Å². The van der Waals surface area contributed by atoms with Crippen molar-refractivity contribution in [3.05, 3.63) is 71.5 Å². The van der Waals surface area contributed by atoms with Crippen LogP contribution >= 0.6 is 12.2 Å². The van der Waals surface area contributed by atoms with Crippen LogP contribution in [-0.2, 0) is 0 Å². The lowest BCUT2D eigenvalue weighted by Crippen LogP contribution is -1.90. The molecule has 0 N–H and O–H groups in total. The molecule has 0 saturated carbocycles. The maximum atomic E-state index is 5.38. The van der Waals surface area contributed by atoms with Gasteiger partial charge >= 0.3 is 0 Å². The Kier molecular flexibility index (Phi) is 2.20. The molecule has 0 unspecified atom stereocenters.